The summed E-state index contributed by atoms with van der Waals surface area (Å²) >= 11 is -4.95. The van der Waals surface area contributed by atoms with Crippen molar-refractivity contribution in [2.75, 3.05) is 13.2 Å². The van der Waals surface area contributed by atoms with Gasteiger partial charge in [-0.15, -0.1) is 0 Å². The fourth-order valence-corrected chi connectivity index (χ4v) is 0.622. The molecule has 1 N–H and O–H groups in total. The van der Waals surface area contributed by atoms with E-state index in [2.05, 4.69) is 8.37 Å². The molecular weight excluding hydrogens is 184 g/mol. The molecule has 62 valence electrons. The van der Waals surface area contributed by atoms with Crippen molar-refractivity contribution >= 4 is 22.7 Å². The summed E-state index contributed by atoms with van der Waals surface area (Å²) in [7, 11) is 0. The monoisotopic (exact) mass is 189 g/mol. The predicted molar refractivity (Wildman–Crippen MR) is 31.6 cm³/mol. The van der Waals surface area contributed by atoms with Crippen LogP contribution in [0.4, 0.5) is 0 Å². The van der Waals surface area contributed by atoms with Crippen molar-refractivity contribution in [3.05, 3.63) is 0 Å². The van der Waals surface area contributed by atoms with Gasteiger partial charge in [0.15, 0.2) is 0 Å². The fraction of sp³-hybridized carbons (Fsp3) is 1.00. The fourth-order valence-electron chi connectivity index (χ4n) is 0.207. The summed E-state index contributed by atoms with van der Waals surface area (Å²) in [5, 5.41) is 0. The second-order valence-corrected chi connectivity index (χ2v) is 2.38. The third kappa shape index (κ3) is 8.14. The Labute approximate surface area is 62.5 Å². The molecule has 0 aliphatic rings. The Morgan fingerprint density at radius 2 is 1.80 bits per heavy atom. The Morgan fingerprint density at radius 3 is 2.20 bits per heavy atom. The maximum Gasteiger partial charge on any atom is 0.301 e. The smallest absolute Gasteiger partial charge is 0.301 e. The van der Waals surface area contributed by atoms with Gasteiger partial charge in [-0.1, -0.05) is 0 Å². The van der Waals surface area contributed by atoms with E-state index in [1.165, 1.54) is 0 Å². The largest absolute Gasteiger partial charge is 0.750 e. The van der Waals surface area contributed by atoms with E-state index in [-0.39, 0.29) is 13.2 Å². The van der Waals surface area contributed by atoms with Crippen LogP contribution in [0, 0.1) is 0 Å². The minimum Gasteiger partial charge on any atom is -0.750 e. The SMILES string of the molecule is O=S([O-])OCCOS(=O)O. The molecule has 6 nitrogen and oxygen atoms in total. The summed E-state index contributed by atoms with van der Waals surface area (Å²) in [5.41, 5.74) is 0. The van der Waals surface area contributed by atoms with E-state index >= 15 is 0 Å². The van der Waals surface area contributed by atoms with Gasteiger partial charge in [0.1, 0.15) is 0 Å². The van der Waals surface area contributed by atoms with Gasteiger partial charge in [0.2, 0.25) is 0 Å². The third-order valence-electron chi connectivity index (χ3n) is 0.447. The van der Waals surface area contributed by atoms with Crippen LogP contribution >= 0.6 is 0 Å². The van der Waals surface area contributed by atoms with Gasteiger partial charge in [0, 0.05) is 0 Å². The molecule has 0 heterocycles. The van der Waals surface area contributed by atoms with Gasteiger partial charge in [-0.25, -0.2) is 4.21 Å². The van der Waals surface area contributed by atoms with Crippen LogP contribution in [0.3, 0.4) is 0 Å². The average Bonchev–Trinajstić information content (AvgIpc) is 1.79. The normalized spacial score (nSPS) is 16.6. The Morgan fingerprint density at radius 1 is 1.30 bits per heavy atom. The number of rotatable bonds is 5. The standard InChI is InChI=1S/C2H6O6S2/c3-9(4)7-1-2-8-10(5)6/h1-2H2,(H,3,4)(H,5,6)/p-1. The number of hydrogen-bond donors (Lipinski definition) is 1. The maximum absolute atomic E-state index is 9.72. The van der Waals surface area contributed by atoms with E-state index < -0.39 is 22.7 Å². The van der Waals surface area contributed by atoms with Gasteiger partial charge >= 0.3 is 11.4 Å². The van der Waals surface area contributed by atoms with Crippen LogP contribution in [-0.2, 0) is 31.1 Å². The molecule has 2 unspecified atom stereocenters. The Hall–Kier alpha value is 0.140. The first-order valence-corrected chi connectivity index (χ1v) is 4.13. The van der Waals surface area contributed by atoms with Crippen LogP contribution in [0.1, 0.15) is 0 Å². The van der Waals surface area contributed by atoms with Gasteiger partial charge in [0.25, 0.3) is 0 Å². The summed E-state index contributed by atoms with van der Waals surface area (Å²) in [6, 6.07) is 0. The average molecular weight is 189 g/mol. The van der Waals surface area contributed by atoms with Crippen molar-refractivity contribution in [3.63, 3.8) is 0 Å². The molecule has 2 atom stereocenters. The zero-order valence-corrected chi connectivity index (χ0v) is 6.35. The zero-order chi connectivity index (χ0) is 7.98. The maximum atomic E-state index is 9.72. The lowest BCUT2D eigenvalue weighted by Crippen LogP contribution is -2.06. The lowest BCUT2D eigenvalue weighted by molar-refractivity contribution is 0.215. The second kappa shape index (κ2) is 5.89. The highest BCUT2D eigenvalue weighted by Gasteiger charge is 1.92. The quantitative estimate of drug-likeness (QED) is 0.438. The molecule has 0 bridgehead atoms. The first kappa shape index (κ1) is 10.1. The van der Waals surface area contributed by atoms with E-state index in [1.54, 1.807) is 0 Å². The van der Waals surface area contributed by atoms with E-state index in [1.807, 2.05) is 0 Å². The lowest BCUT2D eigenvalue weighted by Gasteiger charge is -2.03. The molecule has 0 aromatic rings. The van der Waals surface area contributed by atoms with Crippen molar-refractivity contribution < 1.29 is 25.9 Å². The van der Waals surface area contributed by atoms with E-state index in [0.29, 0.717) is 0 Å². The zero-order valence-electron chi connectivity index (χ0n) is 4.72. The molecule has 0 spiro atoms. The molecule has 0 radical (unpaired) electrons. The highest BCUT2D eigenvalue weighted by atomic mass is 32.2. The molecule has 8 heteroatoms. The molecule has 0 aromatic heterocycles. The van der Waals surface area contributed by atoms with E-state index in [4.69, 9.17) is 4.55 Å². The summed E-state index contributed by atoms with van der Waals surface area (Å²) < 4.78 is 44.9. The Kier molecular flexibility index (Phi) is 5.97. The van der Waals surface area contributed by atoms with Gasteiger partial charge < -0.3 is 4.55 Å². The Bertz CT molecular complexity index is 118. The lowest BCUT2D eigenvalue weighted by atomic mass is 10.8. The van der Waals surface area contributed by atoms with Crippen molar-refractivity contribution in [2.45, 2.75) is 0 Å². The molecule has 10 heavy (non-hydrogen) atoms. The topological polar surface area (TPSA) is 95.9 Å². The summed E-state index contributed by atoms with van der Waals surface area (Å²) in [6.45, 7) is -0.500. The molecule has 0 rings (SSSR count). The first-order chi connectivity index (χ1) is 4.63. The van der Waals surface area contributed by atoms with Crippen LogP contribution in [0.15, 0.2) is 0 Å². The van der Waals surface area contributed by atoms with Crippen molar-refractivity contribution in [3.8, 4) is 0 Å². The van der Waals surface area contributed by atoms with Crippen LogP contribution in [0.5, 0.6) is 0 Å². The molecule has 0 fully saturated rings. The summed E-state index contributed by atoms with van der Waals surface area (Å²) in [4.78, 5) is 0. The van der Waals surface area contributed by atoms with E-state index in [9.17, 15) is 13.0 Å². The second-order valence-electron chi connectivity index (χ2n) is 1.07. The molecule has 0 amide bonds. The summed E-state index contributed by atoms with van der Waals surface area (Å²) in [6.07, 6.45) is 0. The number of hydrogen-bond acceptors (Lipinski definition) is 5. The highest BCUT2D eigenvalue weighted by Crippen LogP contribution is 1.82. The molecular formula is C2H5O6S2-. The van der Waals surface area contributed by atoms with Crippen LogP contribution in [-0.4, -0.2) is 30.7 Å². The van der Waals surface area contributed by atoms with Gasteiger partial charge in [-0.05, 0) is 0 Å². The van der Waals surface area contributed by atoms with Gasteiger partial charge in [-0.2, -0.15) is 4.21 Å². The minimum absolute atomic E-state index is 0.239. The molecule has 0 aliphatic carbocycles. The van der Waals surface area contributed by atoms with Crippen LogP contribution in [0.25, 0.3) is 0 Å². The third-order valence-corrected chi connectivity index (χ3v) is 1.17. The van der Waals surface area contributed by atoms with Gasteiger partial charge in [0.05, 0.1) is 24.6 Å². The van der Waals surface area contributed by atoms with Crippen LogP contribution in [0.2, 0.25) is 0 Å². The molecule has 0 aromatic carbocycles. The molecule has 0 saturated carbocycles. The first-order valence-electron chi connectivity index (χ1n) is 2.09. The van der Waals surface area contributed by atoms with Crippen molar-refractivity contribution in [1.29, 1.82) is 0 Å². The van der Waals surface area contributed by atoms with Gasteiger partial charge in [-0.3, -0.25) is 12.9 Å². The van der Waals surface area contributed by atoms with E-state index in [0.717, 1.165) is 0 Å². The predicted octanol–water partition coefficient (Wildman–Crippen LogP) is -1.05. The summed E-state index contributed by atoms with van der Waals surface area (Å²) in [5.74, 6) is 0. The van der Waals surface area contributed by atoms with Crippen LogP contribution < -0.4 is 0 Å². The highest BCUT2D eigenvalue weighted by molar-refractivity contribution is 7.74. The van der Waals surface area contributed by atoms with Crippen molar-refractivity contribution in [1.82, 2.24) is 0 Å². The molecule has 0 aliphatic heterocycles. The minimum atomic E-state index is -2.59. The molecule has 0 saturated heterocycles. The Balaban J connectivity index is 3.06. The van der Waals surface area contributed by atoms with Crippen molar-refractivity contribution in [2.24, 2.45) is 0 Å².